The third-order valence-corrected chi connectivity index (χ3v) is 4.04. The Morgan fingerprint density at radius 3 is 2.20 bits per heavy atom. The van der Waals surface area contributed by atoms with Gasteiger partial charge < -0.3 is 9.84 Å². The molecule has 0 heterocycles. The molecule has 3 aliphatic carbocycles. The number of aliphatic hydroxyl groups is 1. The van der Waals surface area contributed by atoms with Gasteiger partial charge in [0.2, 0.25) is 0 Å². The molecule has 0 amide bonds. The van der Waals surface area contributed by atoms with Crippen LogP contribution in [-0.2, 0) is 9.53 Å². The SMILES string of the molecule is COC(=O)/C=C/C12CCC(O)(CC1)CC2. The van der Waals surface area contributed by atoms with E-state index in [-0.39, 0.29) is 11.4 Å². The van der Waals surface area contributed by atoms with Gasteiger partial charge in [0.05, 0.1) is 12.7 Å². The summed E-state index contributed by atoms with van der Waals surface area (Å²) in [5, 5.41) is 10.0. The standard InChI is InChI=1S/C12H18O3/c1-15-10(13)2-3-11-4-7-12(14,8-5-11)9-6-11/h2-3,14H,4-9H2,1H3/b3-2+. The van der Waals surface area contributed by atoms with Gasteiger partial charge >= 0.3 is 5.97 Å². The molecule has 15 heavy (non-hydrogen) atoms. The number of carbonyl (C=O) groups excluding carboxylic acids is 1. The van der Waals surface area contributed by atoms with Gasteiger partial charge in [-0.15, -0.1) is 0 Å². The highest BCUT2D eigenvalue weighted by atomic mass is 16.5. The highest BCUT2D eigenvalue weighted by Crippen LogP contribution is 2.52. The minimum atomic E-state index is -0.402. The Bertz CT molecular complexity index is 269. The van der Waals surface area contributed by atoms with E-state index in [1.54, 1.807) is 0 Å². The number of carbonyl (C=O) groups is 1. The molecule has 3 nitrogen and oxygen atoms in total. The van der Waals surface area contributed by atoms with E-state index in [9.17, 15) is 9.90 Å². The van der Waals surface area contributed by atoms with E-state index in [1.807, 2.05) is 6.08 Å². The number of allylic oxidation sites excluding steroid dienone is 1. The normalized spacial score (nSPS) is 39.6. The van der Waals surface area contributed by atoms with Crippen molar-refractivity contribution < 1.29 is 14.6 Å². The molecule has 0 aliphatic heterocycles. The summed E-state index contributed by atoms with van der Waals surface area (Å²) in [4.78, 5) is 11.0. The van der Waals surface area contributed by atoms with Crippen molar-refractivity contribution in [1.82, 2.24) is 0 Å². The molecule has 3 saturated carbocycles. The van der Waals surface area contributed by atoms with E-state index in [4.69, 9.17) is 0 Å². The van der Waals surface area contributed by atoms with Crippen LogP contribution in [0.1, 0.15) is 38.5 Å². The van der Waals surface area contributed by atoms with E-state index < -0.39 is 5.60 Å². The molecule has 84 valence electrons. The lowest BCUT2D eigenvalue weighted by Crippen LogP contribution is -2.45. The predicted octanol–water partition coefficient (Wildman–Crippen LogP) is 1.80. The van der Waals surface area contributed by atoms with Crippen LogP contribution in [0.25, 0.3) is 0 Å². The summed E-state index contributed by atoms with van der Waals surface area (Å²) < 4.78 is 4.59. The Labute approximate surface area is 90.1 Å². The van der Waals surface area contributed by atoms with Gasteiger partial charge in [-0.1, -0.05) is 6.08 Å². The van der Waals surface area contributed by atoms with Gasteiger partial charge in [0.1, 0.15) is 0 Å². The maximum Gasteiger partial charge on any atom is 0.330 e. The number of fused-ring (bicyclic) bond motifs is 3. The highest BCUT2D eigenvalue weighted by Gasteiger charge is 2.46. The first-order valence-corrected chi connectivity index (χ1v) is 5.57. The fourth-order valence-electron chi connectivity index (χ4n) is 2.76. The van der Waals surface area contributed by atoms with Crippen molar-refractivity contribution in [2.75, 3.05) is 7.11 Å². The Morgan fingerprint density at radius 1 is 1.20 bits per heavy atom. The first-order chi connectivity index (χ1) is 7.08. The van der Waals surface area contributed by atoms with Crippen LogP contribution >= 0.6 is 0 Å². The average molecular weight is 210 g/mol. The zero-order chi connectivity index (χ0) is 10.9. The fourth-order valence-corrected chi connectivity index (χ4v) is 2.76. The van der Waals surface area contributed by atoms with Crippen LogP contribution in [-0.4, -0.2) is 23.8 Å². The van der Waals surface area contributed by atoms with Crippen LogP contribution < -0.4 is 0 Å². The molecular weight excluding hydrogens is 192 g/mol. The molecule has 3 rings (SSSR count). The molecular formula is C12H18O3. The Kier molecular flexibility index (Phi) is 2.59. The smallest absolute Gasteiger partial charge is 0.330 e. The lowest BCUT2D eigenvalue weighted by Gasteiger charge is -2.49. The van der Waals surface area contributed by atoms with Gasteiger partial charge in [-0.05, 0) is 43.9 Å². The Balaban J connectivity index is 2.03. The third kappa shape index (κ3) is 2.07. The van der Waals surface area contributed by atoms with Gasteiger partial charge in [-0.3, -0.25) is 0 Å². The minimum absolute atomic E-state index is 0.151. The molecule has 3 heteroatoms. The van der Waals surface area contributed by atoms with Crippen molar-refractivity contribution in [2.45, 2.75) is 44.1 Å². The zero-order valence-corrected chi connectivity index (χ0v) is 9.16. The second-order valence-corrected chi connectivity index (χ2v) is 4.94. The third-order valence-electron chi connectivity index (χ3n) is 4.04. The first-order valence-electron chi connectivity index (χ1n) is 5.57. The predicted molar refractivity (Wildman–Crippen MR) is 56.2 cm³/mol. The summed E-state index contributed by atoms with van der Waals surface area (Å²) in [6, 6.07) is 0. The molecule has 3 fully saturated rings. The van der Waals surface area contributed by atoms with Gasteiger partial charge in [-0.2, -0.15) is 0 Å². The van der Waals surface area contributed by atoms with E-state index in [0.717, 1.165) is 38.5 Å². The maximum atomic E-state index is 11.0. The van der Waals surface area contributed by atoms with Gasteiger partial charge in [-0.25, -0.2) is 4.79 Å². The van der Waals surface area contributed by atoms with Crippen molar-refractivity contribution in [3.8, 4) is 0 Å². The largest absolute Gasteiger partial charge is 0.466 e. The van der Waals surface area contributed by atoms with Crippen molar-refractivity contribution in [1.29, 1.82) is 0 Å². The second-order valence-electron chi connectivity index (χ2n) is 4.94. The summed E-state index contributed by atoms with van der Waals surface area (Å²) in [5.41, 5.74) is -0.250. The van der Waals surface area contributed by atoms with Gasteiger partial charge in [0.25, 0.3) is 0 Å². The summed E-state index contributed by atoms with van der Waals surface area (Å²) in [5.74, 6) is -0.282. The molecule has 1 N–H and O–H groups in total. The lowest BCUT2D eigenvalue weighted by molar-refractivity contribution is -0.135. The van der Waals surface area contributed by atoms with E-state index in [1.165, 1.54) is 13.2 Å². The monoisotopic (exact) mass is 210 g/mol. The number of hydrogen-bond acceptors (Lipinski definition) is 3. The quantitative estimate of drug-likeness (QED) is 0.558. The Hall–Kier alpha value is -0.830. The number of hydrogen-bond donors (Lipinski definition) is 1. The van der Waals surface area contributed by atoms with Crippen LogP contribution in [0.3, 0.4) is 0 Å². The lowest BCUT2D eigenvalue weighted by atomic mass is 9.58. The van der Waals surface area contributed by atoms with Crippen LogP contribution in [0.4, 0.5) is 0 Å². The summed E-state index contributed by atoms with van der Waals surface area (Å²) in [6.45, 7) is 0. The number of esters is 1. The first kappa shape index (κ1) is 10.7. The molecule has 3 aliphatic rings. The van der Waals surface area contributed by atoms with Crippen LogP contribution in [0.15, 0.2) is 12.2 Å². The van der Waals surface area contributed by atoms with E-state index in [0.29, 0.717) is 0 Å². The van der Waals surface area contributed by atoms with Crippen molar-refractivity contribution in [3.63, 3.8) is 0 Å². The summed E-state index contributed by atoms with van der Waals surface area (Å²) >= 11 is 0. The van der Waals surface area contributed by atoms with E-state index >= 15 is 0 Å². The van der Waals surface area contributed by atoms with Crippen LogP contribution in [0, 0.1) is 5.41 Å². The molecule has 0 aromatic carbocycles. The van der Waals surface area contributed by atoms with Crippen molar-refractivity contribution in [3.05, 3.63) is 12.2 Å². The molecule has 0 atom stereocenters. The molecule has 2 bridgehead atoms. The maximum absolute atomic E-state index is 11.0. The molecule has 0 saturated heterocycles. The molecule has 0 spiro atoms. The van der Waals surface area contributed by atoms with Crippen molar-refractivity contribution >= 4 is 5.97 Å². The number of methoxy groups -OCH3 is 1. The summed E-state index contributed by atoms with van der Waals surface area (Å²) in [7, 11) is 1.39. The molecule has 0 unspecified atom stereocenters. The average Bonchev–Trinajstić information content (AvgIpc) is 2.28. The Morgan fingerprint density at radius 2 is 1.73 bits per heavy atom. The zero-order valence-electron chi connectivity index (χ0n) is 9.16. The molecule has 0 radical (unpaired) electrons. The van der Waals surface area contributed by atoms with Crippen LogP contribution in [0.2, 0.25) is 0 Å². The number of rotatable bonds is 2. The summed E-state index contributed by atoms with van der Waals surface area (Å²) in [6.07, 6.45) is 9.15. The van der Waals surface area contributed by atoms with E-state index in [2.05, 4.69) is 4.74 Å². The second kappa shape index (κ2) is 3.63. The van der Waals surface area contributed by atoms with Gasteiger partial charge in [0.15, 0.2) is 0 Å². The topological polar surface area (TPSA) is 46.5 Å². The van der Waals surface area contributed by atoms with Crippen molar-refractivity contribution in [2.24, 2.45) is 5.41 Å². The minimum Gasteiger partial charge on any atom is -0.466 e. The van der Waals surface area contributed by atoms with Crippen LogP contribution in [0.5, 0.6) is 0 Å². The fraction of sp³-hybridized carbons (Fsp3) is 0.750. The molecule has 0 aromatic rings. The highest BCUT2D eigenvalue weighted by molar-refractivity contribution is 5.81. The van der Waals surface area contributed by atoms with Gasteiger partial charge in [0, 0.05) is 6.08 Å². The molecule has 0 aromatic heterocycles. The number of ether oxygens (including phenoxy) is 1.